The number of halogens is 2. The van der Waals surface area contributed by atoms with E-state index in [2.05, 4.69) is 53.3 Å². The molecular formula is C16H25Cl2N3. The van der Waals surface area contributed by atoms with Crippen LogP contribution in [0.2, 0.25) is 0 Å². The maximum absolute atomic E-state index is 3.54. The van der Waals surface area contributed by atoms with Crippen LogP contribution in [0.5, 0.6) is 0 Å². The van der Waals surface area contributed by atoms with Crippen LogP contribution < -0.4 is 5.32 Å². The third kappa shape index (κ3) is 3.54. The number of H-pyrrole nitrogens is 1. The van der Waals surface area contributed by atoms with Crippen LogP contribution in [0.4, 0.5) is 0 Å². The number of hydrogen-bond acceptors (Lipinski definition) is 2. The van der Waals surface area contributed by atoms with E-state index in [1.165, 1.54) is 28.6 Å². The Balaban J connectivity index is 0.00000110. The Morgan fingerprint density at radius 3 is 2.48 bits per heavy atom. The summed E-state index contributed by atoms with van der Waals surface area (Å²) >= 11 is 0. The molecule has 0 amide bonds. The zero-order chi connectivity index (χ0) is 13.2. The summed E-state index contributed by atoms with van der Waals surface area (Å²) in [6, 6.07) is 9.21. The number of piperazine rings is 1. The van der Waals surface area contributed by atoms with Gasteiger partial charge in [-0.3, -0.25) is 4.90 Å². The summed E-state index contributed by atoms with van der Waals surface area (Å²) in [7, 11) is 0. The lowest BCUT2D eigenvalue weighted by molar-refractivity contribution is 0.170. The minimum atomic E-state index is 0. The number of fused-ring (bicyclic) bond motifs is 1. The predicted octanol–water partition coefficient (Wildman–Crippen LogP) is 3.68. The van der Waals surface area contributed by atoms with Crippen LogP contribution >= 0.6 is 24.8 Å². The van der Waals surface area contributed by atoms with Gasteiger partial charge in [-0.2, -0.15) is 0 Å². The van der Waals surface area contributed by atoms with Crippen molar-refractivity contribution < 1.29 is 0 Å². The molecule has 1 aliphatic rings. The Kier molecular flexibility index (Phi) is 7.01. The van der Waals surface area contributed by atoms with E-state index in [-0.39, 0.29) is 24.8 Å². The van der Waals surface area contributed by atoms with Crippen molar-refractivity contribution in [2.45, 2.75) is 26.3 Å². The Morgan fingerprint density at radius 2 is 1.81 bits per heavy atom. The molecule has 0 bridgehead atoms. The van der Waals surface area contributed by atoms with E-state index >= 15 is 0 Å². The normalized spacial score (nSPS) is 17.0. The molecule has 3 rings (SSSR count). The molecule has 1 saturated heterocycles. The molecule has 1 aromatic heterocycles. The van der Waals surface area contributed by atoms with Crippen LogP contribution in [0.1, 0.15) is 30.6 Å². The largest absolute Gasteiger partial charge is 0.358 e. The van der Waals surface area contributed by atoms with E-state index < -0.39 is 0 Å². The van der Waals surface area contributed by atoms with Crippen LogP contribution in [0.3, 0.4) is 0 Å². The van der Waals surface area contributed by atoms with Crippen molar-refractivity contribution in [3.05, 3.63) is 35.5 Å². The summed E-state index contributed by atoms with van der Waals surface area (Å²) in [5.41, 5.74) is 4.09. The lowest BCUT2D eigenvalue weighted by Crippen LogP contribution is -2.45. The first-order valence-electron chi connectivity index (χ1n) is 7.33. The fourth-order valence-electron chi connectivity index (χ4n) is 3.37. The minimum absolute atomic E-state index is 0. The van der Waals surface area contributed by atoms with Crippen LogP contribution in [0.25, 0.3) is 10.9 Å². The van der Waals surface area contributed by atoms with Gasteiger partial charge in [0.2, 0.25) is 0 Å². The van der Waals surface area contributed by atoms with E-state index in [0.29, 0.717) is 6.04 Å². The zero-order valence-electron chi connectivity index (χ0n) is 12.7. The molecule has 2 aromatic rings. The Morgan fingerprint density at radius 1 is 1.14 bits per heavy atom. The fraction of sp³-hybridized carbons (Fsp3) is 0.500. The molecule has 1 aliphatic heterocycles. The van der Waals surface area contributed by atoms with Crippen molar-refractivity contribution in [3.8, 4) is 0 Å². The molecule has 0 saturated carbocycles. The second kappa shape index (κ2) is 8.04. The van der Waals surface area contributed by atoms with E-state index in [9.17, 15) is 0 Å². The van der Waals surface area contributed by atoms with Gasteiger partial charge in [-0.25, -0.2) is 0 Å². The van der Waals surface area contributed by atoms with Crippen molar-refractivity contribution >= 4 is 35.7 Å². The smallest absolute Gasteiger partial charge is 0.0459 e. The van der Waals surface area contributed by atoms with E-state index in [1.54, 1.807) is 0 Å². The maximum Gasteiger partial charge on any atom is 0.0459 e. The number of rotatable bonds is 3. The van der Waals surface area contributed by atoms with Crippen LogP contribution in [0, 0.1) is 6.92 Å². The molecule has 1 fully saturated rings. The number of para-hydroxylation sites is 1. The standard InChI is InChI=1S/C16H23N3.2ClH/c1-3-15(19-10-8-17-9-11-19)16-12(2)18-14-7-5-4-6-13(14)16;;/h4-7,15,17-18H,3,8-11H2,1-2H3;2*1H/t15-;;/m1../s1. The maximum atomic E-state index is 3.54. The number of nitrogens with one attached hydrogen (secondary N) is 2. The molecular weight excluding hydrogens is 305 g/mol. The number of hydrogen-bond donors (Lipinski definition) is 2. The van der Waals surface area contributed by atoms with Crippen molar-refractivity contribution in [1.82, 2.24) is 15.2 Å². The summed E-state index contributed by atoms with van der Waals surface area (Å²) in [5.74, 6) is 0. The van der Waals surface area contributed by atoms with Gasteiger partial charge >= 0.3 is 0 Å². The minimum Gasteiger partial charge on any atom is -0.358 e. The van der Waals surface area contributed by atoms with Crippen LogP contribution in [0.15, 0.2) is 24.3 Å². The van der Waals surface area contributed by atoms with Gasteiger partial charge < -0.3 is 10.3 Å². The monoisotopic (exact) mass is 329 g/mol. The number of aromatic nitrogens is 1. The molecule has 0 radical (unpaired) electrons. The molecule has 0 unspecified atom stereocenters. The van der Waals surface area contributed by atoms with Crippen molar-refractivity contribution in [2.75, 3.05) is 26.2 Å². The van der Waals surface area contributed by atoms with Gasteiger partial charge in [0.1, 0.15) is 0 Å². The SMILES string of the molecule is CC[C@H](c1c(C)[nH]c2ccccc12)N1CCNCC1.Cl.Cl. The van der Waals surface area contributed by atoms with Gasteiger partial charge in [0.05, 0.1) is 0 Å². The van der Waals surface area contributed by atoms with Crippen molar-refractivity contribution in [1.29, 1.82) is 0 Å². The molecule has 118 valence electrons. The summed E-state index contributed by atoms with van der Waals surface area (Å²) < 4.78 is 0. The van der Waals surface area contributed by atoms with E-state index in [1.807, 2.05) is 0 Å². The lowest BCUT2D eigenvalue weighted by Gasteiger charge is -2.35. The molecule has 2 N–H and O–H groups in total. The van der Waals surface area contributed by atoms with Crippen LogP contribution in [-0.4, -0.2) is 36.1 Å². The molecule has 1 aromatic carbocycles. The summed E-state index contributed by atoms with van der Waals surface area (Å²) in [4.78, 5) is 6.16. The highest BCUT2D eigenvalue weighted by Crippen LogP contribution is 2.33. The average Bonchev–Trinajstić information content (AvgIpc) is 2.78. The van der Waals surface area contributed by atoms with Gasteiger partial charge in [0.15, 0.2) is 0 Å². The third-order valence-electron chi connectivity index (χ3n) is 4.26. The quantitative estimate of drug-likeness (QED) is 0.900. The number of aryl methyl sites for hydroxylation is 1. The predicted molar refractivity (Wildman–Crippen MR) is 95.0 cm³/mol. The Labute approximate surface area is 139 Å². The van der Waals surface area contributed by atoms with Gasteiger partial charge in [-0.15, -0.1) is 24.8 Å². The van der Waals surface area contributed by atoms with Crippen LogP contribution in [-0.2, 0) is 0 Å². The van der Waals surface area contributed by atoms with Gasteiger partial charge in [0, 0.05) is 48.8 Å². The Hall–Kier alpha value is -0.740. The highest BCUT2D eigenvalue weighted by Gasteiger charge is 2.24. The molecule has 2 heterocycles. The zero-order valence-corrected chi connectivity index (χ0v) is 14.3. The molecule has 5 heteroatoms. The lowest BCUT2D eigenvalue weighted by atomic mass is 9.98. The highest BCUT2D eigenvalue weighted by atomic mass is 35.5. The van der Waals surface area contributed by atoms with E-state index in [0.717, 1.165) is 26.2 Å². The number of nitrogens with zero attached hydrogens (tertiary/aromatic N) is 1. The molecule has 1 atom stereocenters. The number of aromatic amines is 1. The summed E-state index contributed by atoms with van der Waals surface area (Å²) in [6.07, 6.45) is 1.17. The van der Waals surface area contributed by atoms with Gasteiger partial charge in [-0.05, 0) is 25.0 Å². The number of benzene rings is 1. The first-order chi connectivity index (χ1) is 9.31. The third-order valence-corrected chi connectivity index (χ3v) is 4.26. The summed E-state index contributed by atoms with van der Waals surface area (Å²) in [6.45, 7) is 9.03. The topological polar surface area (TPSA) is 31.1 Å². The van der Waals surface area contributed by atoms with Crippen molar-refractivity contribution in [2.24, 2.45) is 0 Å². The second-order valence-corrected chi connectivity index (χ2v) is 5.42. The molecule has 0 aliphatic carbocycles. The summed E-state index contributed by atoms with van der Waals surface area (Å²) in [5, 5.41) is 4.84. The van der Waals surface area contributed by atoms with Gasteiger partial charge in [-0.1, -0.05) is 25.1 Å². The average molecular weight is 330 g/mol. The second-order valence-electron chi connectivity index (χ2n) is 5.42. The fourth-order valence-corrected chi connectivity index (χ4v) is 3.37. The van der Waals surface area contributed by atoms with Crippen molar-refractivity contribution in [3.63, 3.8) is 0 Å². The molecule has 3 nitrogen and oxygen atoms in total. The first kappa shape index (κ1) is 18.3. The molecule has 21 heavy (non-hydrogen) atoms. The molecule has 0 spiro atoms. The first-order valence-corrected chi connectivity index (χ1v) is 7.33. The van der Waals surface area contributed by atoms with E-state index in [4.69, 9.17) is 0 Å². The Bertz CT molecular complexity index is 562. The van der Waals surface area contributed by atoms with Gasteiger partial charge in [0.25, 0.3) is 0 Å². The highest BCUT2D eigenvalue weighted by molar-refractivity contribution is 5.86.